The fourth-order valence-corrected chi connectivity index (χ4v) is 2.38. The van der Waals surface area contributed by atoms with Crippen LogP contribution in [0.15, 0.2) is 18.7 Å². The minimum atomic E-state index is -0.0940. The van der Waals surface area contributed by atoms with Gasteiger partial charge in [-0.1, -0.05) is 24.8 Å². The fraction of sp³-hybridized carbons (Fsp3) is 0.529. The van der Waals surface area contributed by atoms with Crippen LogP contribution in [0.1, 0.15) is 22.3 Å². The number of ether oxygens (including phenoxy) is 6. The van der Waals surface area contributed by atoms with Gasteiger partial charge in [0.25, 0.3) is 0 Å². The van der Waals surface area contributed by atoms with Gasteiger partial charge in [0.05, 0.1) is 19.8 Å². The Morgan fingerprint density at radius 2 is 1.39 bits per heavy atom. The van der Waals surface area contributed by atoms with Crippen molar-refractivity contribution in [1.82, 2.24) is 0 Å². The molecule has 23 heavy (non-hydrogen) atoms. The summed E-state index contributed by atoms with van der Waals surface area (Å²) in [6, 6.07) is 4.08. The first kappa shape index (κ1) is 15.3. The van der Waals surface area contributed by atoms with Gasteiger partial charge in [-0.15, -0.1) is 0 Å². The molecule has 6 heteroatoms. The fourth-order valence-electron chi connectivity index (χ4n) is 2.38. The lowest BCUT2D eigenvalue weighted by Gasteiger charge is -2.17. The molecule has 124 valence electrons. The highest BCUT2D eigenvalue weighted by atomic mass is 16.8. The predicted octanol–water partition coefficient (Wildman–Crippen LogP) is 1.95. The Hall–Kier alpha value is -1.28. The molecule has 0 amide bonds. The maximum atomic E-state index is 5.73. The minimum absolute atomic E-state index is 0.0748. The average molecular weight is 320 g/mol. The first-order valence-corrected chi connectivity index (χ1v) is 7.79. The van der Waals surface area contributed by atoms with E-state index in [1.165, 1.54) is 0 Å². The maximum Gasteiger partial charge on any atom is 0.181 e. The Bertz CT molecular complexity index is 575. The maximum absolute atomic E-state index is 5.73. The van der Waals surface area contributed by atoms with E-state index in [9.17, 15) is 0 Å². The zero-order chi connectivity index (χ0) is 15.6. The Kier molecular flexibility index (Phi) is 4.43. The second kappa shape index (κ2) is 6.68. The first-order chi connectivity index (χ1) is 11.3. The SMILES string of the molecule is C=Cc1ccc(COC2CO2)c(COC2CO2)c1COC1CO1. The van der Waals surface area contributed by atoms with Gasteiger partial charge in [-0.3, -0.25) is 0 Å². The van der Waals surface area contributed by atoms with Crippen LogP contribution >= 0.6 is 0 Å². The summed E-state index contributed by atoms with van der Waals surface area (Å²) in [5.41, 5.74) is 4.24. The molecule has 3 atom stereocenters. The zero-order valence-corrected chi connectivity index (χ0v) is 12.9. The molecule has 4 rings (SSSR count). The Morgan fingerprint density at radius 1 is 0.870 bits per heavy atom. The molecule has 3 heterocycles. The van der Waals surface area contributed by atoms with Crippen LogP contribution in [0.5, 0.6) is 0 Å². The second-order valence-electron chi connectivity index (χ2n) is 5.70. The average Bonchev–Trinajstić information content (AvgIpc) is 3.42. The van der Waals surface area contributed by atoms with Crippen molar-refractivity contribution in [3.05, 3.63) is 41.0 Å². The van der Waals surface area contributed by atoms with E-state index in [1.807, 2.05) is 18.2 Å². The van der Waals surface area contributed by atoms with Gasteiger partial charge in [0.2, 0.25) is 0 Å². The third kappa shape index (κ3) is 4.17. The van der Waals surface area contributed by atoms with Gasteiger partial charge in [0, 0.05) is 0 Å². The molecule has 3 unspecified atom stereocenters. The Labute approximate surface area is 134 Å². The van der Waals surface area contributed by atoms with Crippen LogP contribution in [-0.4, -0.2) is 38.7 Å². The van der Waals surface area contributed by atoms with Gasteiger partial charge in [0.1, 0.15) is 19.8 Å². The van der Waals surface area contributed by atoms with Crippen LogP contribution < -0.4 is 0 Å². The van der Waals surface area contributed by atoms with E-state index in [4.69, 9.17) is 28.4 Å². The number of hydrogen-bond acceptors (Lipinski definition) is 6. The molecule has 0 aliphatic carbocycles. The van der Waals surface area contributed by atoms with Gasteiger partial charge < -0.3 is 28.4 Å². The van der Waals surface area contributed by atoms with Crippen LogP contribution in [0, 0.1) is 0 Å². The first-order valence-electron chi connectivity index (χ1n) is 7.79. The van der Waals surface area contributed by atoms with E-state index >= 15 is 0 Å². The molecule has 0 N–H and O–H groups in total. The Balaban J connectivity index is 1.55. The van der Waals surface area contributed by atoms with Crippen LogP contribution in [0.2, 0.25) is 0 Å². The number of rotatable bonds is 10. The molecule has 1 aromatic rings. The number of epoxide rings is 3. The van der Waals surface area contributed by atoms with Crippen molar-refractivity contribution in [3.63, 3.8) is 0 Å². The summed E-state index contributed by atoms with van der Waals surface area (Å²) in [5, 5.41) is 0. The molecule has 1 aromatic carbocycles. The van der Waals surface area contributed by atoms with Crippen LogP contribution in [0.4, 0.5) is 0 Å². The summed E-state index contributed by atoms with van der Waals surface area (Å²) in [6.45, 7) is 7.29. The number of hydrogen-bond donors (Lipinski definition) is 0. The molecular weight excluding hydrogens is 300 g/mol. The van der Waals surface area contributed by atoms with Gasteiger partial charge in [-0.05, 0) is 22.3 Å². The van der Waals surface area contributed by atoms with Gasteiger partial charge in [-0.2, -0.15) is 0 Å². The molecule has 3 fully saturated rings. The molecule has 3 aliphatic rings. The third-order valence-electron chi connectivity index (χ3n) is 3.94. The molecule has 0 spiro atoms. The van der Waals surface area contributed by atoms with E-state index < -0.39 is 0 Å². The minimum Gasteiger partial charge on any atom is -0.346 e. The summed E-state index contributed by atoms with van der Waals surface area (Å²) < 4.78 is 32.5. The van der Waals surface area contributed by atoms with Crippen LogP contribution in [0.25, 0.3) is 6.08 Å². The van der Waals surface area contributed by atoms with Crippen molar-refractivity contribution < 1.29 is 28.4 Å². The molecular formula is C17H20O6. The van der Waals surface area contributed by atoms with Crippen LogP contribution in [-0.2, 0) is 48.2 Å². The van der Waals surface area contributed by atoms with Gasteiger partial charge >= 0.3 is 0 Å². The van der Waals surface area contributed by atoms with E-state index in [0.29, 0.717) is 39.6 Å². The van der Waals surface area contributed by atoms with E-state index in [0.717, 1.165) is 22.3 Å². The molecule has 3 aliphatic heterocycles. The predicted molar refractivity (Wildman–Crippen MR) is 80.1 cm³/mol. The van der Waals surface area contributed by atoms with Gasteiger partial charge in [-0.25, -0.2) is 0 Å². The summed E-state index contributed by atoms with van der Waals surface area (Å²) in [6.07, 6.45) is 1.57. The monoisotopic (exact) mass is 320 g/mol. The quantitative estimate of drug-likeness (QED) is 0.614. The Morgan fingerprint density at radius 3 is 1.91 bits per heavy atom. The molecule has 0 bridgehead atoms. The second-order valence-corrected chi connectivity index (χ2v) is 5.70. The largest absolute Gasteiger partial charge is 0.346 e. The zero-order valence-electron chi connectivity index (χ0n) is 12.9. The van der Waals surface area contributed by atoms with Crippen LogP contribution in [0.3, 0.4) is 0 Å². The summed E-state index contributed by atoms with van der Waals surface area (Å²) in [7, 11) is 0. The van der Waals surface area contributed by atoms with Crippen molar-refractivity contribution in [3.8, 4) is 0 Å². The van der Waals surface area contributed by atoms with E-state index in [2.05, 4.69) is 6.58 Å². The van der Waals surface area contributed by atoms with Crippen molar-refractivity contribution in [2.75, 3.05) is 19.8 Å². The molecule has 0 radical (unpaired) electrons. The van der Waals surface area contributed by atoms with E-state index in [-0.39, 0.29) is 18.9 Å². The summed E-state index contributed by atoms with van der Waals surface area (Å²) in [4.78, 5) is 0. The summed E-state index contributed by atoms with van der Waals surface area (Å²) in [5.74, 6) is 0. The lowest BCUT2D eigenvalue weighted by Crippen LogP contribution is -2.10. The van der Waals surface area contributed by atoms with Gasteiger partial charge in [0.15, 0.2) is 18.9 Å². The van der Waals surface area contributed by atoms with Crippen molar-refractivity contribution in [2.24, 2.45) is 0 Å². The molecule has 6 nitrogen and oxygen atoms in total. The standard InChI is InChI=1S/C17H20O6/c1-2-11-3-4-12(5-18-15-8-21-15)14(7-20-17-10-23-17)13(11)6-19-16-9-22-16/h2-4,15-17H,1,5-10H2. The van der Waals surface area contributed by atoms with Crippen molar-refractivity contribution >= 4 is 6.08 Å². The highest BCUT2D eigenvalue weighted by Gasteiger charge is 2.28. The van der Waals surface area contributed by atoms with Crippen molar-refractivity contribution in [1.29, 1.82) is 0 Å². The topological polar surface area (TPSA) is 65.3 Å². The number of benzene rings is 1. The van der Waals surface area contributed by atoms with E-state index in [1.54, 1.807) is 0 Å². The highest BCUT2D eigenvalue weighted by Crippen LogP contribution is 2.27. The van der Waals surface area contributed by atoms with Crippen molar-refractivity contribution in [2.45, 2.75) is 38.7 Å². The summed E-state index contributed by atoms with van der Waals surface area (Å²) >= 11 is 0. The molecule has 0 saturated carbocycles. The smallest absolute Gasteiger partial charge is 0.181 e. The molecule has 0 aromatic heterocycles. The normalized spacial score (nSPS) is 27.7. The highest BCUT2D eigenvalue weighted by molar-refractivity contribution is 5.56. The third-order valence-corrected chi connectivity index (χ3v) is 3.94. The molecule has 3 saturated heterocycles. The lowest BCUT2D eigenvalue weighted by molar-refractivity contribution is 0.0228. The lowest BCUT2D eigenvalue weighted by atomic mass is 9.96.